The molecule has 3 heteroatoms. The number of hydrogen-bond acceptors (Lipinski definition) is 3. The Balaban J connectivity index is 2.37. The predicted molar refractivity (Wildman–Crippen MR) is 67.9 cm³/mol. The van der Waals surface area contributed by atoms with E-state index in [0.717, 1.165) is 24.7 Å². The van der Waals surface area contributed by atoms with Gasteiger partial charge >= 0.3 is 0 Å². The molecule has 16 heavy (non-hydrogen) atoms. The average molecular weight is 228 g/mol. The zero-order valence-corrected chi connectivity index (χ0v) is 11.3. The Morgan fingerprint density at radius 3 is 2.56 bits per heavy atom. The summed E-state index contributed by atoms with van der Waals surface area (Å²) in [6, 6.07) is 0.458. The number of methoxy groups -OCH3 is 1. The van der Waals surface area contributed by atoms with Crippen molar-refractivity contribution in [1.29, 1.82) is 0 Å². The quantitative estimate of drug-likeness (QED) is 0.542. The van der Waals surface area contributed by atoms with Gasteiger partial charge in [0.1, 0.15) is 0 Å². The maximum absolute atomic E-state index is 5.68. The molecule has 0 radical (unpaired) electrons. The molecule has 96 valence electrons. The Hall–Kier alpha value is -0.120. The van der Waals surface area contributed by atoms with Crippen LogP contribution in [-0.2, 0) is 4.74 Å². The van der Waals surface area contributed by atoms with Crippen LogP contribution < -0.4 is 11.3 Å². The summed E-state index contributed by atoms with van der Waals surface area (Å²) in [5.74, 6) is 7.31. The standard InChI is InChI=1S/C13H28N2O/c1-10-5-6-11(9-10)12(15-14)7-8-13(2,3)16-4/h10-12,15H,5-9,14H2,1-4H3. The van der Waals surface area contributed by atoms with E-state index in [1.54, 1.807) is 7.11 Å². The van der Waals surface area contributed by atoms with Crippen molar-refractivity contribution in [1.82, 2.24) is 5.43 Å². The van der Waals surface area contributed by atoms with E-state index < -0.39 is 0 Å². The van der Waals surface area contributed by atoms with Gasteiger partial charge in [0.15, 0.2) is 0 Å². The van der Waals surface area contributed by atoms with Gasteiger partial charge in [0.2, 0.25) is 0 Å². The molecule has 0 aromatic carbocycles. The second-order valence-electron chi connectivity index (χ2n) is 5.95. The van der Waals surface area contributed by atoms with Crippen LogP contribution in [0.2, 0.25) is 0 Å². The van der Waals surface area contributed by atoms with Gasteiger partial charge in [-0.25, -0.2) is 0 Å². The van der Waals surface area contributed by atoms with Crippen LogP contribution in [-0.4, -0.2) is 18.8 Å². The van der Waals surface area contributed by atoms with Gasteiger partial charge in [-0.15, -0.1) is 0 Å². The summed E-state index contributed by atoms with van der Waals surface area (Å²) in [7, 11) is 1.78. The Morgan fingerprint density at radius 2 is 2.12 bits per heavy atom. The summed E-state index contributed by atoms with van der Waals surface area (Å²) >= 11 is 0. The molecule has 0 saturated heterocycles. The molecule has 3 nitrogen and oxygen atoms in total. The highest BCUT2D eigenvalue weighted by molar-refractivity contribution is 4.84. The van der Waals surface area contributed by atoms with Gasteiger partial charge in [0.05, 0.1) is 5.60 Å². The Morgan fingerprint density at radius 1 is 1.44 bits per heavy atom. The van der Waals surface area contributed by atoms with Gasteiger partial charge < -0.3 is 4.74 Å². The molecule has 1 rings (SSSR count). The number of nitrogens with one attached hydrogen (secondary N) is 1. The Bertz CT molecular complexity index is 206. The summed E-state index contributed by atoms with van der Waals surface area (Å²) < 4.78 is 5.45. The largest absolute Gasteiger partial charge is 0.379 e. The van der Waals surface area contributed by atoms with E-state index in [9.17, 15) is 0 Å². The first kappa shape index (κ1) is 13.9. The van der Waals surface area contributed by atoms with Crippen molar-refractivity contribution in [2.45, 2.75) is 64.5 Å². The molecule has 1 fully saturated rings. The smallest absolute Gasteiger partial charge is 0.0623 e. The van der Waals surface area contributed by atoms with Crippen LogP contribution in [0.1, 0.15) is 52.9 Å². The lowest BCUT2D eigenvalue weighted by Gasteiger charge is -2.28. The minimum atomic E-state index is -0.0285. The fourth-order valence-corrected chi connectivity index (χ4v) is 2.68. The van der Waals surface area contributed by atoms with Crippen LogP contribution in [0.25, 0.3) is 0 Å². The molecular weight excluding hydrogens is 200 g/mol. The van der Waals surface area contributed by atoms with E-state index >= 15 is 0 Å². The Labute approximate surface area is 100 Å². The number of ether oxygens (including phenoxy) is 1. The number of hydrogen-bond donors (Lipinski definition) is 2. The van der Waals surface area contributed by atoms with Gasteiger partial charge in [0.25, 0.3) is 0 Å². The molecule has 0 aromatic rings. The van der Waals surface area contributed by atoms with Gasteiger partial charge in [-0.05, 0) is 51.4 Å². The molecule has 0 bridgehead atoms. The highest BCUT2D eigenvalue weighted by Crippen LogP contribution is 2.34. The second-order valence-corrected chi connectivity index (χ2v) is 5.95. The van der Waals surface area contributed by atoms with Crippen LogP contribution in [0.3, 0.4) is 0 Å². The summed E-state index contributed by atoms with van der Waals surface area (Å²) in [6.07, 6.45) is 6.17. The van der Waals surface area contributed by atoms with E-state index in [4.69, 9.17) is 10.6 Å². The van der Waals surface area contributed by atoms with E-state index in [-0.39, 0.29) is 5.60 Å². The number of nitrogens with two attached hydrogens (primary N) is 1. The van der Waals surface area contributed by atoms with Gasteiger partial charge in [-0.2, -0.15) is 0 Å². The second kappa shape index (κ2) is 5.99. The van der Waals surface area contributed by atoms with Crippen LogP contribution in [0.5, 0.6) is 0 Å². The summed E-state index contributed by atoms with van der Waals surface area (Å²) in [5, 5.41) is 0. The fourth-order valence-electron chi connectivity index (χ4n) is 2.68. The van der Waals surface area contributed by atoms with E-state index in [1.165, 1.54) is 19.3 Å². The van der Waals surface area contributed by atoms with Crippen LogP contribution in [0, 0.1) is 11.8 Å². The minimum Gasteiger partial charge on any atom is -0.379 e. The van der Waals surface area contributed by atoms with Crippen molar-refractivity contribution in [3.05, 3.63) is 0 Å². The third kappa shape index (κ3) is 4.04. The molecule has 1 saturated carbocycles. The van der Waals surface area contributed by atoms with Crippen molar-refractivity contribution >= 4 is 0 Å². The summed E-state index contributed by atoms with van der Waals surface area (Å²) in [5.41, 5.74) is 2.98. The zero-order valence-electron chi connectivity index (χ0n) is 11.3. The molecule has 1 aliphatic rings. The topological polar surface area (TPSA) is 47.3 Å². The number of rotatable bonds is 6. The lowest BCUT2D eigenvalue weighted by atomic mass is 9.90. The highest BCUT2D eigenvalue weighted by Gasteiger charge is 2.29. The van der Waals surface area contributed by atoms with Crippen LogP contribution in [0.15, 0.2) is 0 Å². The molecule has 1 aliphatic carbocycles. The predicted octanol–water partition coefficient (Wildman–Crippen LogP) is 2.46. The molecule has 3 atom stereocenters. The molecule has 0 aliphatic heterocycles. The lowest BCUT2D eigenvalue weighted by molar-refractivity contribution is 0.0102. The molecule has 3 unspecified atom stereocenters. The monoisotopic (exact) mass is 228 g/mol. The van der Waals surface area contributed by atoms with E-state index in [0.29, 0.717) is 6.04 Å². The first-order valence-electron chi connectivity index (χ1n) is 6.50. The lowest BCUT2D eigenvalue weighted by Crippen LogP contribution is -2.41. The number of hydrazine groups is 1. The third-order valence-corrected chi connectivity index (χ3v) is 4.13. The maximum Gasteiger partial charge on any atom is 0.0623 e. The first-order valence-corrected chi connectivity index (χ1v) is 6.50. The average Bonchev–Trinajstić information content (AvgIpc) is 2.66. The molecular formula is C13H28N2O. The summed E-state index contributed by atoms with van der Waals surface area (Å²) in [6.45, 7) is 6.61. The van der Waals surface area contributed by atoms with Gasteiger partial charge in [-0.1, -0.05) is 13.3 Å². The molecule has 0 heterocycles. The Kier molecular flexibility index (Phi) is 5.22. The van der Waals surface area contributed by atoms with E-state index in [1.807, 2.05) is 0 Å². The van der Waals surface area contributed by atoms with Gasteiger partial charge in [0, 0.05) is 13.2 Å². The van der Waals surface area contributed by atoms with Crippen molar-refractivity contribution in [2.24, 2.45) is 17.7 Å². The molecule has 3 N–H and O–H groups in total. The minimum absolute atomic E-state index is 0.0285. The van der Waals surface area contributed by atoms with Crippen molar-refractivity contribution < 1.29 is 4.74 Å². The van der Waals surface area contributed by atoms with Crippen molar-refractivity contribution in [3.63, 3.8) is 0 Å². The molecule has 0 aromatic heterocycles. The zero-order chi connectivity index (χ0) is 12.2. The molecule has 0 spiro atoms. The first-order chi connectivity index (χ1) is 7.48. The highest BCUT2D eigenvalue weighted by atomic mass is 16.5. The normalized spacial score (nSPS) is 28.3. The fraction of sp³-hybridized carbons (Fsp3) is 1.00. The van der Waals surface area contributed by atoms with Crippen molar-refractivity contribution in [3.8, 4) is 0 Å². The van der Waals surface area contributed by atoms with Crippen LogP contribution in [0.4, 0.5) is 0 Å². The molecule has 0 amide bonds. The van der Waals surface area contributed by atoms with E-state index in [2.05, 4.69) is 26.2 Å². The maximum atomic E-state index is 5.68. The van der Waals surface area contributed by atoms with Gasteiger partial charge in [-0.3, -0.25) is 11.3 Å². The van der Waals surface area contributed by atoms with Crippen molar-refractivity contribution in [2.75, 3.05) is 7.11 Å². The summed E-state index contributed by atoms with van der Waals surface area (Å²) in [4.78, 5) is 0. The van der Waals surface area contributed by atoms with Crippen LogP contribution >= 0.6 is 0 Å². The SMILES string of the molecule is COC(C)(C)CCC(NN)C1CCC(C)C1. The third-order valence-electron chi connectivity index (χ3n) is 4.13.